The van der Waals surface area contributed by atoms with E-state index < -0.39 is 0 Å². The topological polar surface area (TPSA) is 88.8 Å². The normalized spacial score (nSPS) is 15.1. The summed E-state index contributed by atoms with van der Waals surface area (Å²) < 4.78 is 0. The van der Waals surface area contributed by atoms with E-state index in [0.29, 0.717) is 6.04 Å². The Hall–Kier alpha value is -3.91. The molecule has 4 aromatic heterocycles. The van der Waals surface area contributed by atoms with Crippen molar-refractivity contribution in [1.29, 1.82) is 0 Å². The van der Waals surface area contributed by atoms with Crippen LogP contribution in [-0.4, -0.2) is 74.2 Å². The maximum absolute atomic E-state index is 4.99. The van der Waals surface area contributed by atoms with E-state index in [1.54, 1.807) is 0 Å². The Kier molecular flexibility index (Phi) is 6.61. The minimum absolute atomic E-state index is 0.328. The highest BCUT2D eigenvalue weighted by Crippen LogP contribution is 2.32. The second-order valence-electron chi connectivity index (χ2n) is 9.73. The van der Waals surface area contributed by atoms with Crippen molar-refractivity contribution in [1.82, 2.24) is 34.9 Å². The number of hydrogen-bond acceptors (Lipinski definition) is 6. The summed E-state index contributed by atoms with van der Waals surface area (Å²) >= 11 is 0. The molecule has 186 valence electrons. The summed E-state index contributed by atoms with van der Waals surface area (Å²) in [5.41, 5.74) is 9.73. The van der Waals surface area contributed by atoms with Gasteiger partial charge in [0, 0.05) is 67.1 Å². The molecule has 4 aromatic rings. The van der Waals surface area contributed by atoms with E-state index in [4.69, 9.17) is 4.98 Å². The molecule has 0 bridgehead atoms. The van der Waals surface area contributed by atoms with Crippen molar-refractivity contribution in [2.75, 3.05) is 38.5 Å². The molecular formula is C28H34N8. The lowest BCUT2D eigenvalue weighted by atomic mass is 10.1. The Labute approximate surface area is 212 Å². The lowest BCUT2D eigenvalue weighted by molar-refractivity contribution is 0.207. The van der Waals surface area contributed by atoms with Crippen LogP contribution in [0.15, 0.2) is 55.4 Å². The zero-order valence-electron chi connectivity index (χ0n) is 21.5. The van der Waals surface area contributed by atoms with Crippen molar-refractivity contribution in [3.63, 3.8) is 0 Å². The lowest BCUT2D eigenvalue weighted by Crippen LogP contribution is -2.43. The number of piperazine rings is 1. The van der Waals surface area contributed by atoms with Gasteiger partial charge < -0.3 is 20.1 Å². The van der Waals surface area contributed by atoms with Crippen LogP contribution in [0.3, 0.4) is 0 Å². The first-order valence-electron chi connectivity index (χ1n) is 12.5. The predicted octanol–water partition coefficient (Wildman–Crippen LogP) is 4.92. The number of fused-ring (bicyclic) bond motifs is 1. The number of allylic oxidation sites excluding steroid dienone is 2. The second-order valence-corrected chi connectivity index (χ2v) is 9.73. The SMILES string of the molecule is C=C/C=C(\c1cc(-c2n[nH]c3ccc(-c4cncc(NC(C)C)c4)nc23)[nH]c1C)N1CCN(C)CC1. The monoisotopic (exact) mass is 482 g/mol. The van der Waals surface area contributed by atoms with Gasteiger partial charge in [-0.15, -0.1) is 0 Å². The van der Waals surface area contributed by atoms with Gasteiger partial charge in [-0.2, -0.15) is 5.10 Å². The molecular weight excluding hydrogens is 448 g/mol. The number of nitrogens with one attached hydrogen (secondary N) is 3. The molecule has 0 spiro atoms. The minimum atomic E-state index is 0.328. The van der Waals surface area contributed by atoms with Gasteiger partial charge in [-0.05, 0) is 58.2 Å². The number of anilines is 1. The smallest absolute Gasteiger partial charge is 0.135 e. The van der Waals surface area contributed by atoms with Crippen LogP contribution in [0.25, 0.3) is 39.4 Å². The predicted molar refractivity (Wildman–Crippen MR) is 148 cm³/mol. The van der Waals surface area contributed by atoms with Crippen LogP contribution in [0, 0.1) is 6.92 Å². The summed E-state index contributed by atoms with van der Waals surface area (Å²) in [6, 6.07) is 8.63. The molecule has 36 heavy (non-hydrogen) atoms. The van der Waals surface area contributed by atoms with Crippen molar-refractivity contribution in [2.45, 2.75) is 26.8 Å². The van der Waals surface area contributed by atoms with Crippen LogP contribution >= 0.6 is 0 Å². The fourth-order valence-electron chi connectivity index (χ4n) is 4.72. The number of hydrogen-bond donors (Lipinski definition) is 3. The van der Waals surface area contributed by atoms with Crippen LogP contribution in [-0.2, 0) is 0 Å². The summed E-state index contributed by atoms with van der Waals surface area (Å²) in [5.74, 6) is 0. The van der Waals surface area contributed by atoms with Gasteiger partial charge in [-0.1, -0.05) is 12.7 Å². The molecule has 0 saturated carbocycles. The van der Waals surface area contributed by atoms with Crippen molar-refractivity contribution in [2.24, 2.45) is 0 Å². The molecule has 1 aliphatic heterocycles. The van der Waals surface area contributed by atoms with E-state index >= 15 is 0 Å². The minimum Gasteiger partial charge on any atom is -0.382 e. The molecule has 0 unspecified atom stereocenters. The third-order valence-corrected chi connectivity index (χ3v) is 6.56. The molecule has 1 saturated heterocycles. The fraction of sp³-hybridized carbons (Fsp3) is 0.321. The Morgan fingerprint density at radius 2 is 1.94 bits per heavy atom. The van der Waals surface area contributed by atoms with E-state index in [1.807, 2.05) is 30.6 Å². The van der Waals surface area contributed by atoms with Crippen molar-refractivity contribution in [3.8, 4) is 22.6 Å². The molecule has 1 fully saturated rings. The average Bonchev–Trinajstić information content (AvgIpc) is 3.45. The molecule has 8 heteroatoms. The first kappa shape index (κ1) is 23.8. The number of nitrogens with zero attached hydrogens (tertiary/aromatic N) is 5. The largest absolute Gasteiger partial charge is 0.382 e. The molecule has 1 aliphatic rings. The average molecular weight is 483 g/mol. The molecule has 0 amide bonds. The van der Waals surface area contributed by atoms with E-state index in [9.17, 15) is 0 Å². The maximum atomic E-state index is 4.99. The van der Waals surface area contributed by atoms with Gasteiger partial charge in [-0.3, -0.25) is 10.1 Å². The first-order chi connectivity index (χ1) is 17.4. The lowest BCUT2D eigenvalue weighted by Gasteiger charge is -2.35. The summed E-state index contributed by atoms with van der Waals surface area (Å²) in [6.07, 6.45) is 7.66. The summed E-state index contributed by atoms with van der Waals surface area (Å²) in [6.45, 7) is 14.4. The van der Waals surface area contributed by atoms with Gasteiger partial charge in [0.1, 0.15) is 11.2 Å². The Morgan fingerprint density at radius 1 is 1.14 bits per heavy atom. The molecule has 8 nitrogen and oxygen atoms in total. The third-order valence-electron chi connectivity index (χ3n) is 6.56. The molecule has 0 atom stereocenters. The highest BCUT2D eigenvalue weighted by molar-refractivity contribution is 5.91. The fourth-order valence-corrected chi connectivity index (χ4v) is 4.72. The molecule has 3 N–H and O–H groups in total. The zero-order valence-corrected chi connectivity index (χ0v) is 21.5. The van der Waals surface area contributed by atoms with Gasteiger partial charge >= 0.3 is 0 Å². The number of aromatic amines is 2. The van der Waals surface area contributed by atoms with Crippen LogP contribution in [0.2, 0.25) is 0 Å². The Bertz CT molecular complexity index is 1400. The quantitative estimate of drug-likeness (QED) is 0.324. The van der Waals surface area contributed by atoms with Crippen LogP contribution in [0.4, 0.5) is 5.69 Å². The molecule has 0 aromatic carbocycles. The van der Waals surface area contributed by atoms with E-state index in [0.717, 1.165) is 71.2 Å². The van der Waals surface area contributed by atoms with Gasteiger partial charge in [0.05, 0.1) is 22.6 Å². The van der Waals surface area contributed by atoms with Crippen molar-refractivity contribution in [3.05, 3.63) is 66.6 Å². The maximum Gasteiger partial charge on any atom is 0.135 e. The summed E-state index contributed by atoms with van der Waals surface area (Å²) in [7, 11) is 2.17. The molecule has 0 radical (unpaired) electrons. The van der Waals surface area contributed by atoms with Crippen LogP contribution in [0.1, 0.15) is 25.1 Å². The van der Waals surface area contributed by atoms with Gasteiger partial charge in [0.25, 0.3) is 0 Å². The number of aromatic nitrogens is 5. The van der Waals surface area contributed by atoms with Crippen LogP contribution < -0.4 is 5.32 Å². The van der Waals surface area contributed by atoms with Gasteiger partial charge in [0.2, 0.25) is 0 Å². The highest BCUT2D eigenvalue weighted by Gasteiger charge is 2.21. The van der Waals surface area contributed by atoms with E-state index in [1.165, 1.54) is 11.3 Å². The second kappa shape index (κ2) is 9.99. The van der Waals surface area contributed by atoms with Crippen LogP contribution in [0.5, 0.6) is 0 Å². The van der Waals surface area contributed by atoms with E-state index in [2.05, 4.69) is 87.9 Å². The standard InChI is InChI=1S/C28H34N8/c1-6-7-26(36-12-10-35(5)11-13-36)22-15-25(31-19(22)4)28-27-24(33-34-28)9-8-23(32-27)20-14-21(17-29-16-20)30-18(2)3/h6-9,14-18,30-31H,1,10-13H2,2-5H3,(H,33,34)/b26-7+. The molecule has 0 aliphatic carbocycles. The molecule has 5 rings (SSSR count). The first-order valence-corrected chi connectivity index (χ1v) is 12.5. The number of rotatable bonds is 7. The third kappa shape index (κ3) is 4.77. The number of pyridine rings is 2. The number of aryl methyl sites for hydroxylation is 1. The van der Waals surface area contributed by atoms with Gasteiger partial charge in [0.15, 0.2) is 0 Å². The van der Waals surface area contributed by atoms with Gasteiger partial charge in [-0.25, -0.2) is 4.98 Å². The highest BCUT2D eigenvalue weighted by atomic mass is 15.3. The molecule has 5 heterocycles. The van der Waals surface area contributed by atoms with Crippen molar-refractivity contribution >= 4 is 22.4 Å². The van der Waals surface area contributed by atoms with E-state index in [-0.39, 0.29) is 0 Å². The zero-order chi connectivity index (χ0) is 25.2. The Morgan fingerprint density at radius 3 is 2.69 bits per heavy atom. The van der Waals surface area contributed by atoms with Crippen molar-refractivity contribution < 1.29 is 0 Å². The number of likely N-dealkylation sites (N-methyl/N-ethyl adjacent to an activating group) is 1. The number of H-pyrrole nitrogens is 2. The summed E-state index contributed by atoms with van der Waals surface area (Å²) in [4.78, 5) is 17.8. The Balaban J connectivity index is 1.51. The summed E-state index contributed by atoms with van der Waals surface area (Å²) in [5, 5.41) is 11.2.